The summed E-state index contributed by atoms with van der Waals surface area (Å²) in [5, 5.41) is 22.1. The number of para-hydroxylation sites is 1. The van der Waals surface area contributed by atoms with Crippen molar-refractivity contribution >= 4 is 104 Å². The number of hydrogen-bond acceptors (Lipinski definition) is 14. The molecule has 1 aliphatic rings. The van der Waals surface area contributed by atoms with E-state index in [2.05, 4.69) is 62.5 Å². The van der Waals surface area contributed by atoms with Gasteiger partial charge in [0.05, 0.1) is 0 Å². The number of fused-ring (bicyclic) bond motifs is 1. The number of nitrogens with two attached hydrogens (primary N) is 7. The molecule has 30 heteroatoms. The molecular weight excluding hydrogens is 1060 g/mol. The molecule has 79 heavy (non-hydrogen) atoms. The molecule has 0 radical (unpaired) electrons. The highest BCUT2D eigenvalue weighted by atomic mass is 33.1. The molecule has 28 nitrogen and oxygen atoms in total. The molecule has 0 aliphatic carbocycles. The van der Waals surface area contributed by atoms with Crippen LogP contribution in [-0.4, -0.2) is 156 Å². The van der Waals surface area contributed by atoms with Crippen LogP contribution < -0.4 is 82.7 Å². The van der Waals surface area contributed by atoms with Crippen LogP contribution in [0, 0.1) is 0 Å². The highest BCUT2D eigenvalue weighted by molar-refractivity contribution is 8.76. The number of aliphatic imine (C=N–C) groups is 3. The summed E-state index contributed by atoms with van der Waals surface area (Å²) in [4.78, 5) is 141. The van der Waals surface area contributed by atoms with Crippen molar-refractivity contribution in [3.05, 3.63) is 71.9 Å². The van der Waals surface area contributed by atoms with Gasteiger partial charge in [-0.1, -0.05) is 70.1 Å². The molecule has 8 unspecified atom stereocenters. The second-order valence-corrected chi connectivity index (χ2v) is 21.0. The van der Waals surface area contributed by atoms with Crippen molar-refractivity contribution in [3.63, 3.8) is 0 Å². The molecule has 0 saturated carbocycles. The van der Waals surface area contributed by atoms with Gasteiger partial charge in [0.2, 0.25) is 53.2 Å². The highest BCUT2D eigenvalue weighted by Gasteiger charge is 2.35. The molecule has 23 N–H and O–H groups in total. The van der Waals surface area contributed by atoms with Gasteiger partial charge in [-0.05, 0) is 62.6 Å². The van der Waals surface area contributed by atoms with Gasteiger partial charge in [-0.2, -0.15) is 0 Å². The summed E-state index contributed by atoms with van der Waals surface area (Å²) >= 11 is 0. The van der Waals surface area contributed by atoms with Crippen molar-refractivity contribution in [1.82, 2.24) is 47.5 Å². The van der Waals surface area contributed by atoms with E-state index in [9.17, 15) is 43.2 Å². The van der Waals surface area contributed by atoms with Crippen LogP contribution in [-0.2, 0) is 56.0 Å². The van der Waals surface area contributed by atoms with Gasteiger partial charge in [-0.3, -0.25) is 58.1 Å². The van der Waals surface area contributed by atoms with Gasteiger partial charge in [0, 0.05) is 68.0 Å². The van der Waals surface area contributed by atoms with E-state index >= 15 is 0 Å². The predicted molar refractivity (Wildman–Crippen MR) is 303 cm³/mol. The molecule has 2 heterocycles. The quantitative estimate of drug-likeness (QED) is 0.0221. The number of rotatable bonds is 20. The Morgan fingerprint density at radius 1 is 0.608 bits per heavy atom. The largest absolute Gasteiger partial charge is 0.370 e. The second kappa shape index (κ2) is 32.5. The van der Waals surface area contributed by atoms with E-state index in [1.165, 1.54) is 13.8 Å². The normalized spacial score (nSPS) is 21.5. The van der Waals surface area contributed by atoms with Crippen LogP contribution in [0.25, 0.3) is 10.9 Å². The number of nitrogens with one attached hydrogen (secondary N) is 9. The minimum absolute atomic E-state index is 0.0448. The summed E-state index contributed by atoms with van der Waals surface area (Å²) in [5.41, 5.74) is 40.9. The second-order valence-electron chi connectivity index (χ2n) is 18.4. The molecule has 1 aromatic heterocycles. The summed E-state index contributed by atoms with van der Waals surface area (Å²) in [6, 6.07) is 5.08. The Morgan fingerprint density at radius 3 is 1.70 bits per heavy atom. The maximum absolute atomic E-state index is 14.6. The van der Waals surface area contributed by atoms with Crippen molar-refractivity contribution in [1.29, 1.82) is 0 Å². The lowest BCUT2D eigenvalue weighted by Gasteiger charge is -2.27. The molecule has 3 aromatic rings. The topological polar surface area (TPSA) is 485 Å². The third-order valence-electron chi connectivity index (χ3n) is 12.0. The van der Waals surface area contributed by atoms with Gasteiger partial charge in [0.25, 0.3) is 0 Å². The van der Waals surface area contributed by atoms with E-state index in [0.717, 1.165) is 32.5 Å². The maximum Gasteiger partial charge on any atom is 0.244 e. The first kappa shape index (κ1) is 63.3. The fraction of sp³-hybridized carbons (Fsp3) is 0.469. The van der Waals surface area contributed by atoms with Crippen molar-refractivity contribution in [3.8, 4) is 0 Å². The molecule has 1 aliphatic heterocycles. The summed E-state index contributed by atoms with van der Waals surface area (Å²) in [7, 11) is 2.00. The van der Waals surface area contributed by atoms with Crippen LogP contribution in [0.4, 0.5) is 0 Å². The summed E-state index contributed by atoms with van der Waals surface area (Å²) in [5.74, 6) is -8.27. The zero-order valence-corrected chi connectivity index (χ0v) is 45.6. The zero-order chi connectivity index (χ0) is 58.0. The lowest BCUT2D eigenvalue weighted by molar-refractivity contribution is -0.135. The number of benzene rings is 2. The molecule has 1 fully saturated rings. The van der Waals surface area contributed by atoms with Gasteiger partial charge in [-0.25, -0.2) is 0 Å². The molecule has 2 aromatic carbocycles. The van der Waals surface area contributed by atoms with E-state index < -0.39 is 101 Å². The Bertz CT molecular complexity index is 2680. The summed E-state index contributed by atoms with van der Waals surface area (Å²) in [6.07, 6.45) is 1.92. The van der Waals surface area contributed by atoms with Gasteiger partial charge < -0.3 is 87.7 Å². The van der Waals surface area contributed by atoms with Crippen molar-refractivity contribution in [2.45, 2.75) is 114 Å². The standard InChI is InChI=1S/C49H73N19O9S2/c1-26-40(71)63-33(16-9-19-58-48(53)54)42(73)65-35(21-28-11-4-3-5-12-28)44(75)64-34(17-10-20-59-49(55)56)43(74)66-36(22-29-23-60-31-14-7-6-13-30(29)31)45(76)67-37(39(50)70)24-78-79-25-38(46(77)61-26)68-41(72)32(62-27(2)69)15-8-18-57-47(51)52/h3-7,11-14,23,26,32-38,60H,8-10,15-22,24-25H2,1-2H3,(H2,50,70)(H,61,77)(H,62,69)(H,63,71)(H,64,75)(H,65,73)(H,66,74)(H,67,76)(H,68,72)(H4,51,52,57)(H4,53,54,58)(H4,55,56,59). The Balaban J connectivity index is 1.80. The van der Waals surface area contributed by atoms with Crippen LogP contribution in [0.5, 0.6) is 0 Å². The van der Waals surface area contributed by atoms with Gasteiger partial charge in [0.1, 0.15) is 48.3 Å². The maximum atomic E-state index is 14.6. The average molecular weight is 1140 g/mol. The fourth-order valence-corrected chi connectivity index (χ4v) is 10.3. The Hall–Kier alpha value is -8.28. The molecule has 8 atom stereocenters. The van der Waals surface area contributed by atoms with Gasteiger partial charge >= 0.3 is 0 Å². The average Bonchev–Trinajstić information content (AvgIpc) is 3.91. The number of carbonyl (C=O) groups is 9. The minimum atomic E-state index is -1.41. The van der Waals surface area contributed by atoms with E-state index in [0.29, 0.717) is 11.1 Å². The molecule has 430 valence electrons. The smallest absolute Gasteiger partial charge is 0.244 e. The first-order valence-corrected chi connectivity index (χ1v) is 27.8. The monoisotopic (exact) mass is 1140 g/mol. The van der Waals surface area contributed by atoms with Crippen LogP contribution in [0.1, 0.15) is 63.5 Å². The number of guanidine groups is 3. The number of aromatic amines is 1. The number of primary amides is 1. The van der Waals surface area contributed by atoms with Crippen molar-refractivity contribution < 1.29 is 43.2 Å². The van der Waals surface area contributed by atoms with E-state index in [1.807, 2.05) is 18.2 Å². The van der Waals surface area contributed by atoms with Gasteiger partial charge in [0.15, 0.2) is 17.9 Å². The van der Waals surface area contributed by atoms with Crippen LogP contribution in [0.2, 0.25) is 0 Å². The minimum Gasteiger partial charge on any atom is -0.370 e. The van der Waals surface area contributed by atoms with Crippen LogP contribution in [0.3, 0.4) is 0 Å². The number of H-pyrrole nitrogens is 1. The Kier molecular flexibility index (Phi) is 26.0. The van der Waals surface area contributed by atoms with E-state index in [4.69, 9.17) is 40.1 Å². The fourth-order valence-electron chi connectivity index (χ4n) is 8.00. The highest BCUT2D eigenvalue weighted by Crippen LogP contribution is 2.24. The third-order valence-corrected chi connectivity index (χ3v) is 14.5. The molecule has 4 rings (SSSR count). The predicted octanol–water partition coefficient (Wildman–Crippen LogP) is -4.09. The number of aromatic nitrogens is 1. The lowest BCUT2D eigenvalue weighted by atomic mass is 10.0. The molecular formula is C49H73N19O9S2. The Morgan fingerprint density at radius 2 is 1.11 bits per heavy atom. The molecule has 0 spiro atoms. The van der Waals surface area contributed by atoms with Crippen LogP contribution in [0.15, 0.2) is 75.8 Å². The number of carbonyl (C=O) groups excluding carboxylic acids is 9. The number of hydrogen-bond donors (Lipinski definition) is 16. The molecule has 9 amide bonds. The Labute approximate surface area is 464 Å². The first-order valence-electron chi connectivity index (χ1n) is 25.3. The van der Waals surface area contributed by atoms with Crippen molar-refractivity contribution in [2.75, 3.05) is 31.1 Å². The van der Waals surface area contributed by atoms with E-state index in [1.54, 1.807) is 42.6 Å². The van der Waals surface area contributed by atoms with Crippen LogP contribution >= 0.6 is 21.6 Å². The third kappa shape index (κ3) is 22.3. The zero-order valence-electron chi connectivity index (χ0n) is 44.0. The van der Waals surface area contributed by atoms with Crippen molar-refractivity contribution in [2.24, 2.45) is 55.1 Å². The SMILES string of the molecule is CC(=O)NC(CCCN=C(N)N)C(=O)NC1CSSCC(C(N)=O)NC(=O)C(Cc2c[nH]c3ccccc23)NC(=O)C(CCCN=C(N)N)NC(=O)C(Cc2ccccc2)NC(=O)C(CCCN=C(N)N)NC(=O)C(C)NC1=O. The number of amides is 9. The summed E-state index contributed by atoms with van der Waals surface area (Å²) in [6.45, 7) is 2.76. The first-order chi connectivity index (χ1) is 37.6. The van der Waals surface area contributed by atoms with E-state index in [-0.39, 0.29) is 100 Å². The van der Waals surface area contributed by atoms with Gasteiger partial charge in [-0.15, -0.1) is 0 Å². The molecule has 0 bridgehead atoms. The lowest BCUT2D eigenvalue weighted by Crippen LogP contribution is -2.60. The molecule has 1 saturated heterocycles. The summed E-state index contributed by atoms with van der Waals surface area (Å²) < 4.78 is 0. The number of nitrogens with zero attached hydrogens (tertiary/aromatic N) is 3.